The van der Waals surface area contributed by atoms with Crippen molar-refractivity contribution in [2.75, 3.05) is 12.3 Å². The summed E-state index contributed by atoms with van der Waals surface area (Å²) in [6.45, 7) is 3.68. The predicted molar refractivity (Wildman–Crippen MR) is 132 cm³/mol. The van der Waals surface area contributed by atoms with Gasteiger partial charge in [0, 0.05) is 30.6 Å². The number of carboxylic acid groups (broad SMARTS) is 1. The normalized spacial score (nSPS) is 14.3. The number of H-pyrrole nitrogens is 1. The maximum Gasteiger partial charge on any atom is 0.327 e. The molecule has 15 heteroatoms. The SMILES string of the molecule is CC(C)C(NC(=O)C(Cc1cnc[nH]1)NC(=O)C(N)CCCN=C(N)N)C(=O)NC(CS)C(=O)O. The Morgan fingerprint density at radius 1 is 1.11 bits per heavy atom. The summed E-state index contributed by atoms with van der Waals surface area (Å²) < 4.78 is 0. The maximum absolute atomic E-state index is 13.1. The van der Waals surface area contributed by atoms with Gasteiger partial charge in [0.25, 0.3) is 0 Å². The highest BCUT2D eigenvalue weighted by Crippen LogP contribution is 2.07. The summed E-state index contributed by atoms with van der Waals surface area (Å²) in [6.07, 6.45) is 3.71. The van der Waals surface area contributed by atoms with E-state index in [2.05, 4.69) is 43.5 Å². The molecule has 0 saturated carbocycles. The van der Waals surface area contributed by atoms with Crippen molar-refractivity contribution < 1.29 is 24.3 Å². The molecule has 4 atom stereocenters. The number of aromatic nitrogens is 2. The maximum atomic E-state index is 13.1. The topological polar surface area (TPSA) is 244 Å². The van der Waals surface area contributed by atoms with E-state index in [1.54, 1.807) is 13.8 Å². The van der Waals surface area contributed by atoms with Crippen LogP contribution in [-0.2, 0) is 25.6 Å². The number of carboxylic acids is 1. The zero-order valence-corrected chi connectivity index (χ0v) is 20.6. The molecule has 0 aromatic carbocycles. The van der Waals surface area contributed by atoms with Crippen LogP contribution in [0.15, 0.2) is 17.5 Å². The van der Waals surface area contributed by atoms with Gasteiger partial charge in [0.2, 0.25) is 17.7 Å². The van der Waals surface area contributed by atoms with Crippen molar-refractivity contribution in [1.82, 2.24) is 25.9 Å². The standard InChI is InChI=1S/C20H35N9O5S/c1-10(2)15(18(32)28-14(8-35)19(33)34)29-17(31)13(6-11-7-24-9-26-11)27-16(30)12(21)4-3-5-25-20(22)23/h7,9-10,12-15,35H,3-6,8,21H2,1-2H3,(H,24,26)(H,27,30)(H,28,32)(H,29,31)(H,33,34)(H4,22,23,25). The fraction of sp³-hybridized carbons (Fsp3) is 0.600. The summed E-state index contributed by atoms with van der Waals surface area (Å²) in [4.78, 5) is 60.3. The van der Waals surface area contributed by atoms with Gasteiger partial charge in [0.1, 0.15) is 18.1 Å². The molecule has 14 nitrogen and oxygen atoms in total. The molecule has 0 bridgehead atoms. The van der Waals surface area contributed by atoms with Crippen LogP contribution in [0, 0.1) is 5.92 Å². The Kier molecular flexibility index (Phi) is 12.6. The van der Waals surface area contributed by atoms with Crippen LogP contribution in [0.2, 0.25) is 0 Å². The number of aliphatic imine (C=N–C) groups is 1. The average molecular weight is 514 g/mol. The fourth-order valence-corrected chi connectivity index (χ4v) is 3.24. The number of imidazole rings is 1. The number of aliphatic carboxylic acids is 1. The lowest BCUT2D eigenvalue weighted by atomic mass is 10.0. The molecule has 0 radical (unpaired) electrons. The number of nitrogens with two attached hydrogens (primary N) is 3. The van der Waals surface area contributed by atoms with E-state index in [0.29, 0.717) is 18.7 Å². The molecule has 35 heavy (non-hydrogen) atoms. The summed E-state index contributed by atoms with van der Waals surface area (Å²) in [7, 11) is 0. The number of rotatable bonds is 15. The number of amides is 3. The number of hydrogen-bond acceptors (Lipinski definition) is 8. The lowest BCUT2D eigenvalue weighted by Gasteiger charge is -2.26. The minimum absolute atomic E-state index is 0.0547. The van der Waals surface area contributed by atoms with Gasteiger partial charge in [-0.1, -0.05) is 13.8 Å². The molecule has 0 aliphatic heterocycles. The Morgan fingerprint density at radius 3 is 2.29 bits per heavy atom. The van der Waals surface area contributed by atoms with Gasteiger partial charge in [-0.15, -0.1) is 0 Å². The van der Waals surface area contributed by atoms with E-state index in [1.165, 1.54) is 12.5 Å². The molecule has 0 fully saturated rings. The molecule has 1 aromatic rings. The molecule has 0 saturated heterocycles. The predicted octanol–water partition coefficient (Wildman–Crippen LogP) is -2.54. The lowest BCUT2D eigenvalue weighted by molar-refractivity contribution is -0.142. The van der Waals surface area contributed by atoms with E-state index in [1.807, 2.05) is 0 Å². The summed E-state index contributed by atoms with van der Waals surface area (Å²) >= 11 is 3.93. The Balaban J connectivity index is 2.92. The summed E-state index contributed by atoms with van der Waals surface area (Å²) in [5.74, 6) is -3.72. The second kappa shape index (κ2) is 14.8. The molecule has 1 heterocycles. The van der Waals surface area contributed by atoms with Crippen LogP contribution >= 0.6 is 12.6 Å². The number of carbonyl (C=O) groups is 4. The van der Waals surface area contributed by atoms with Crippen LogP contribution in [-0.4, -0.2) is 81.2 Å². The van der Waals surface area contributed by atoms with E-state index in [4.69, 9.17) is 17.2 Å². The third-order valence-corrected chi connectivity index (χ3v) is 5.33. The number of carbonyl (C=O) groups excluding carboxylic acids is 3. The molecule has 3 amide bonds. The summed E-state index contributed by atoms with van der Waals surface area (Å²) in [5.41, 5.74) is 17.1. The van der Waals surface area contributed by atoms with Crippen LogP contribution in [0.3, 0.4) is 0 Å². The quantitative estimate of drug-likeness (QED) is 0.0518. The van der Waals surface area contributed by atoms with Gasteiger partial charge >= 0.3 is 5.97 Å². The molecule has 0 aliphatic rings. The molecule has 1 rings (SSSR count). The monoisotopic (exact) mass is 513 g/mol. The Hall–Kier alpha value is -3.33. The van der Waals surface area contributed by atoms with Crippen molar-refractivity contribution >= 4 is 42.3 Å². The Morgan fingerprint density at radius 2 is 1.77 bits per heavy atom. The van der Waals surface area contributed by atoms with E-state index in [9.17, 15) is 24.3 Å². The van der Waals surface area contributed by atoms with E-state index in [0.717, 1.165) is 0 Å². The highest BCUT2D eigenvalue weighted by molar-refractivity contribution is 7.80. The highest BCUT2D eigenvalue weighted by atomic mass is 32.1. The Bertz CT molecular complexity index is 874. The number of guanidine groups is 1. The van der Waals surface area contributed by atoms with Crippen molar-refractivity contribution in [3.8, 4) is 0 Å². The highest BCUT2D eigenvalue weighted by Gasteiger charge is 2.31. The van der Waals surface area contributed by atoms with Crippen molar-refractivity contribution in [3.63, 3.8) is 0 Å². The van der Waals surface area contributed by atoms with Crippen LogP contribution in [0.5, 0.6) is 0 Å². The van der Waals surface area contributed by atoms with Gasteiger partial charge in [0.05, 0.1) is 12.4 Å². The first kappa shape index (κ1) is 29.7. The number of thiol groups is 1. The summed E-state index contributed by atoms with van der Waals surface area (Å²) in [5, 5.41) is 16.7. The van der Waals surface area contributed by atoms with E-state index < -0.39 is 47.9 Å². The van der Waals surface area contributed by atoms with Crippen LogP contribution < -0.4 is 33.2 Å². The largest absolute Gasteiger partial charge is 0.480 e. The van der Waals surface area contributed by atoms with E-state index >= 15 is 0 Å². The fourth-order valence-electron chi connectivity index (χ4n) is 2.99. The third-order valence-electron chi connectivity index (χ3n) is 4.96. The molecule has 0 aliphatic carbocycles. The minimum Gasteiger partial charge on any atom is -0.480 e. The zero-order valence-electron chi connectivity index (χ0n) is 19.7. The molecule has 1 aromatic heterocycles. The van der Waals surface area contributed by atoms with Gasteiger partial charge < -0.3 is 43.2 Å². The third kappa shape index (κ3) is 10.6. The first-order valence-electron chi connectivity index (χ1n) is 11.0. The minimum atomic E-state index is -1.25. The van der Waals surface area contributed by atoms with Gasteiger partial charge in [0.15, 0.2) is 5.96 Å². The molecule has 0 spiro atoms. The smallest absolute Gasteiger partial charge is 0.327 e. The zero-order chi connectivity index (χ0) is 26.5. The van der Waals surface area contributed by atoms with Crippen LogP contribution in [0.25, 0.3) is 0 Å². The number of nitrogens with zero attached hydrogens (tertiary/aromatic N) is 2. The number of nitrogens with one attached hydrogen (secondary N) is 4. The van der Waals surface area contributed by atoms with Gasteiger partial charge in [-0.25, -0.2) is 9.78 Å². The van der Waals surface area contributed by atoms with Gasteiger partial charge in [-0.2, -0.15) is 12.6 Å². The average Bonchev–Trinajstić information content (AvgIpc) is 3.30. The first-order valence-corrected chi connectivity index (χ1v) is 11.6. The van der Waals surface area contributed by atoms with E-state index in [-0.39, 0.29) is 30.5 Å². The number of hydrogen-bond donors (Lipinski definition) is 9. The first-order chi connectivity index (χ1) is 16.5. The van der Waals surface area contributed by atoms with Crippen molar-refractivity contribution in [2.45, 2.75) is 57.3 Å². The van der Waals surface area contributed by atoms with Gasteiger partial charge in [-0.05, 0) is 18.8 Å². The molecule has 11 N–H and O–H groups in total. The van der Waals surface area contributed by atoms with Crippen LogP contribution in [0.1, 0.15) is 32.4 Å². The molecular formula is C20H35N9O5S. The van der Waals surface area contributed by atoms with Crippen molar-refractivity contribution in [2.24, 2.45) is 28.1 Å². The van der Waals surface area contributed by atoms with Crippen LogP contribution in [0.4, 0.5) is 0 Å². The molecule has 4 unspecified atom stereocenters. The van der Waals surface area contributed by atoms with Gasteiger partial charge in [-0.3, -0.25) is 19.4 Å². The Labute approximate surface area is 208 Å². The lowest BCUT2D eigenvalue weighted by Crippen LogP contribution is -2.59. The van der Waals surface area contributed by atoms with Crippen molar-refractivity contribution in [1.29, 1.82) is 0 Å². The second-order valence-electron chi connectivity index (χ2n) is 8.21. The number of aromatic amines is 1. The summed E-state index contributed by atoms with van der Waals surface area (Å²) in [6, 6.07) is -4.28. The molecule has 196 valence electrons. The molecular weight excluding hydrogens is 478 g/mol. The second-order valence-corrected chi connectivity index (χ2v) is 8.57. The van der Waals surface area contributed by atoms with Crippen molar-refractivity contribution in [3.05, 3.63) is 18.2 Å².